The molecule has 3 heterocycles. The Morgan fingerprint density at radius 3 is 2.45 bits per heavy atom. The Morgan fingerprint density at radius 1 is 1.03 bits per heavy atom. The molecule has 2 N–H and O–H groups in total. The minimum Gasteiger partial charge on any atom is -0.481 e. The summed E-state index contributed by atoms with van der Waals surface area (Å²) in [6.07, 6.45) is 0.712. The van der Waals surface area contributed by atoms with Crippen molar-refractivity contribution < 1.29 is 19.5 Å². The molecule has 4 rings (SSSR count). The molecule has 1 saturated heterocycles. The number of benzene rings is 1. The van der Waals surface area contributed by atoms with Crippen molar-refractivity contribution in [3.8, 4) is 11.1 Å². The van der Waals surface area contributed by atoms with Crippen LogP contribution in [-0.2, 0) is 20.9 Å². The fourth-order valence-electron chi connectivity index (χ4n) is 4.77. The van der Waals surface area contributed by atoms with Crippen molar-refractivity contribution in [3.63, 3.8) is 0 Å². The average molecular weight is 423 g/mol. The van der Waals surface area contributed by atoms with Crippen LogP contribution in [0.5, 0.6) is 0 Å². The number of rotatable bonds is 5. The molecule has 1 fully saturated rings. The molecule has 1 aromatic carbocycles. The van der Waals surface area contributed by atoms with Gasteiger partial charge in [0.1, 0.15) is 0 Å². The summed E-state index contributed by atoms with van der Waals surface area (Å²) >= 11 is 0. The fourth-order valence-corrected chi connectivity index (χ4v) is 4.77. The molecule has 0 aliphatic carbocycles. The zero-order chi connectivity index (χ0) is 22.1. The Hall–Kier alpha value is -3.42. The number of aromatic nitrogens is 1. The van der Waals surface area contributed by atoms with E-state index in [0.29, 0.717) is 25.3 Å². The van der Waals surface area contributed by atoms with Crippen molar-refractivity contribution in [1.82, 2.24) is 9.47 Å². The summed E-state index contributed by atoms with van der Waals surface area (Å²) in [6, 6.07) is 10.9. The van der Waals surface area contributed by atoms with Gasteiger partial charge < -0.3 is 19.9 Å². The molecule has 1 aromatic heterocycles. The molecule has 0 radical (unpaired) electrons. The van der Waals surface area contributed by atoms with E-state index in [1.165, 1.54) is 6.92 Å². The highest BCUT2D eigenvalue weighted by Crippen LogP contribution is 2.40. The van der Waals surface area contributed by atoms with Crippen LogP contribution in [0.25, 0.3) is 11.1 Å². The number of pyridine rings is 1. The SMILES string of the molecule is CC(=O)Nc1ccc(-c2ccc(=O)n3c2[C@H]2C[C@@H](CN(C(=O)CCC(=O)O)C2)C3)cc1. The Bertz CT molecular complexity index is 1090. The van der Waals surface area contributed by atoms with Crippen molar-refractivity contribution in [2.75, 3.05) is 18.4 Å². The molecule has 2 aromatic rings. The zero-order valence-corrected chi connectivity index (χ0v) is 17.3. The number of hydrogen-bond acceptors (Lipinski definition) is 4. The molecule has 8 nitrogen and oxygen atoms in total. The summed E-state index contributed by atoms with van der Waals surface area (Å²) < 4.78 is 1.83. The number of carbonyl (C=O) groups excluding carboxylic acids is 2. The number of piperidine rings is 1. The molecular formula is C23H25N3O5. The van der Waals surface area contributed by atoms with Gasteiger partial charge in [0.25, 0.3) is 5.56 Å². The van der Waals surface area contributed by atoms with E-state index in [1.54, 1.807) is 11.0 Å². The van der Waals surface area contributed by atoms with E-state index in [2.05, 4.69) is 5.32 Å². The van der Waals surface area contributed by atoms with Crippen LogP contribution in [0.2, 0.25) is 0 Å². The molecular weight excluding hydrogens is 398 g/mol. The number of amides is 2. The lowest BCUT2D eigenvalue weighted by Crippen LogP contribution is -2.49. The number of anilines is 1. The van der Waals surface area contributed by atoms with E-state index in [1.807, 2.05) is 34.9 Å². The number of fused-ring (bicyclic) bond motifs is 4. The first-order valence-electron chi connectivity index (χ1n) is 10.4. The third-order valence-corrected chi connectivity index (χ3v) is 6.01. The Kier molecular flexibility index (Phi) is 5.63. The Balaban J connectivity index is 1.65. The van der Waals surface area contributed by atoms with E-state index in [-0.39, 0.29) is 42.1 Å². The average Bonchev–Trinajstić information content (AvgIpc) is 2.73. The molecule has 2 aliphatic heterocycles. The second-order valence-corrected chi connectivity index (χ2v) is 8.33. The number of carbonyl (C=O) groups is 3. The lowest BCUT2D eigenvalue weighted by molar-refractivity contribution is -0.141. The van der Waals surface area contributed by atoms with Crippen LogP contribution in [0.4, 0.5) is 5.69 Å². The standard InChI is InChI=1S/C23H25N3O5/c1-14(27)24-18-4-2-16(3-5-18)19-6-7-21(29)26-12-15-10-17(23(19)26)13-25(11-15)20(28)8-9-22(30)31/h2-7,15,17H,8-13H2,1H3,(H,24,27)(H,30,31)/t15-,17-/m0/s1. The summed E-state index contributed by atoms with van der Waals surface area (Å²) in [4.78, 5) is 49.0. The van der Waals surface area contributed by atoms with E-state index in [9.17, 15) is 19.2 Å². The summed E-state index contributed by atoms with van der Waals surface area (Å²) in [6.45, 7) is 3.04. The second kappa shape index (κ2) is 8.37. The molecule has 0 unspecified atom stereocenters. The minimum atomic E-state index is -0.979. The van der Waals surface area contributed by atoms with Crippen LogP contribution in [-0.4, -0.2) is 45.4 Å². The van der Waals surface area contributed by atoms with Gasteiger partial charge in [-0.25, -0.2) is 0 Å². The molecule has 2 bridgehead atoms. The predicted octanol–water partition coefficient (Wildman–Crippen LogP) is 2.28. The highest BCUT2D eigenvalue weighted by molar-refractivity contribution is 5.89. The lowest BCUT2D eigenvalue weighted by atomic mass is 9.80. The van der Waals surface area contributed by atoms with Crippen molar-refractivity contribution in [1.29, 1.82) is 0 Å². The number of carboxylic acid groups (broad SMARTS) is 1. The molecule has 8 heteroatoms. The van der Waals surface area contributed by atoms with Crippen molar-refractivity contribution in [3.05, 3.63) is 52.4 Å². The van der Waals surface area contributed by atoms with E-state index < -0.39 is 5.97 Å². The number of aliphatic carboxylic acids is 1. The molecule has 2 atom stereocenters. The maximum Gasteiger partial charge on any atom is 0.303 e. The molecule has 0 spiro atoms. The third kappa shape index (κ3) is 4.38. The normalized spacial score (nSPS) is 19.5. The predicted molar refractivity (Wildman–Crippen MR) is 115 cm³/mol. The molecule has 31 heavy (non-hydrogen) atoms. The number of nitrogens with one attached hydrogen (secondary N) is 1. The quantitative estimate of drug-likeness (QED) is 0.767. The number of likely N-dealkylation sites (tertiary alicyclic amines) is 1. The second-order valence-electron chi connectivity index (χ2n) is 8.33. The smallest absolute Gasteiger partial charge is 0.303 e. The number of carboxylic acids is 1. The fraction of sp³-hybridized carbons (Fsp3) is 0.391. The Labute approximate surface area is 179 Å². The van der Waals surface area contributed by atoms with Gasteiger partial charge in [-0.3, -0.25) is 19.2 Å². The monoisotopic (exact) mass is 423 g/mol. The maximum atomic E-state index is 12.6. The lowest BCUT2D eigenvalue weighted by Gasteiger charge is -2.43. The van der Waals surface area contributed by atoms with Gasteiger partial charge in [-0.15, -0.1) is 0 Å². The van der Waals surface area contributed by atoms with Gasteiger partial charge in [0.05, 0.1) is 6.42 Å². The highest BCUT2D eigenvalue weighted by atomic mass is 16.4. The topological polar surface area (TPSA) is 109 Å². The summed E-state index contributed by atoms with van der Waals surface area (Å²) in [5.74, 6) is -1.08. The first-order valence-corrected chi connectivity index (χ1v) is 10.4. The van der Waals surface area contributed by atoms with E-state index in [0.717, 1.165) is 23.2 Å². The first-order chi connectivity index (χ1) is 14.8. The maximum absolute atomic E-state index is 12.6. The van der Waals surface area contributed by atoms with Gasteiger partial charge in [-0.05, 0) is 36.1 Å². The summed E-state index contributed by atoms with van der Waals surface area (Å²) in [7, 11) is 0. The van der Waals surface area contributed by atoms with Crippen LogP contribution < -0.4 is 10.9 Å². The largest absolute Gasteiger partial charge is 0.481 e. The number of hydrogen-bond donors (Lipinski definition) is 2. The van der Waals surface area contributed by atoms with Crippen LogP contribution >= 0.6 is 0 Å². The molecule has 162 valence electrons. The van der Waals surface area contributed by atoms with E-state index >= 15 is 0 Å². The molecule has 2 aliphatic rings. The van der Waals surface area contributed by atoms with Gasteiger partial charge in [-0.2, -0.15) is 0 Å². The van der Waals surface area contributed by atoms with Crippen LogP contribution in [0, 0.1) is 5.92 Å². The van der Waals surface area contributed by atoms with Crippen molar-refractivity contribution in [2.24, 2.45) is 5.92 Å². The summed E-state index contributed by atoms with van der Waals surface area (Å²) in [5.41, 5.74) is 3.45. The van der Waals surface area contributed by atoms with Gasteiger partial charge in [0.2, 0.25) is 11.8 Å². The zero-order valence-electron chi connectivity index (χ0n) is 17.3. The first kappa shape index (κ1) is 20.8. The van der Waals surface area contributed by atoms with Crippen molar-refractivity contribution >= 4 is 23.5 Å². The number of nitrogens with zero attached hydrogens (tertiary/aromatic N) is 2. The van der Waals surface area contributed by atoms with E-state index in [4.69, 9.17) is 5.11 Å². The minimum absolute atomic E-state index is 0.00611. The Morgan fingerprint density at radius 2 is 1.77 bits per heavy atom. The van der Waals surface area contributed by atoms with Gasteiger partial charge in [0, 0.05) is 61.9 Å². The van der Waals surface area contributed by atoms with Gasteiger partial charge in [0.15, 0.2) is 0 Å². The van der Waals surface area contributed by atoms with Crippen LogP contribution in [0.1, 0.15) is 37.8 Å². The van der Waals surface area contributed by atoms with Crippen LogP contribution in [0.3, 0.4) is 0 Å². The van der Waals surface area contributed by atoms with Crippen molar-refractivity contribution in [2.45, 2.75) is 38.6 Å². The summed E-state index contributed by atoms with van der Waals surface area (Å²) in [5, 5.41) is 11.6. The van der Waals surface area contributed by atoms with Gasteiger partial charge in [-0.1, -0.05) is 12.1 Å². The van der Waals surface area contributed by atoms with Crippen LogP contribution in [0.15, 0.2) is 41.2 Å². The van der Waals surface area contributed by atoms with Gasteiger partial charge >= 0.3 is 5.97 Å². The molecule has 0 saturated carbocycles. The molecule has 2 amide bonds. The third-order valence-electron chi connectivity index (χ3n) is 6.01. The highest BCUT2D eigenvalue weighted by Gasteiger charge is 2.37.